The van der Waals surface area contributed by atoms with E-state index in [1.54, 1.807) is 12.2 Å². The molecule has 0 aliphatic heterocycles. The molecule has 0 aromatic carbocycles. The smallest absolute Gasteiger partial charge is 0.133 e. The average molecular weight is 425 g/mol. The lowest BCUT2D eigenvalue weighted by Crippen LogP contribution is -1.95. The van der Waals surface area contributed by atoms with E-state index in [2.05, 4.69) is 59.2 Å². The van der Waals surface area contributed by atoms with E-state index in [1.165, 1.54) is 0 Å². The Morgan fingerprint density at radius 3 is 1.72 bits per heavy atom. The summed E-state index contributed by atoms with van der Waals surface area (Å²) in [5, 5.41) is 9.18. The molecule has 0 bridgehead atoms. The highest BCUT2D eigenvalue weighted by Crippen LogP contribution is 2.03. The van der Waals surface area contributed by atoms with Crippen molar-refractivity contribution in [2.24, 2.45) is 0 Å². The van der Waals surface area contributed by atoms with Crippen LogP contribution in [0.15, 0.2) is 24.3 Å². The van der Waals surface area contributed by atoms with Crippen molar-refractivity contribution < 1.29 is 5.11 Å². The van der Waals surface area contributed by atoms with Crippen LogP contribution in [0.5, 0.6) is 0 Å². The molecule has 0 aliphatic rings. The molecule has 1 heteroatoms. The molecule has 1 atom stereocenters. The molecule has 0 saturated heterocycles. The number of terminal acetylenes is 2. The van der Waals surface area contributed by atoms with Gasteiger partial charge in [0.05, 0.1) is 0 Å². The zero-order chi connectivity index (χ0) is 23.4. The lowest BCUT2D eigenvalue weighted by molar-refractivity contribution is 0.280. The van der Waals surface area contributed by atoms with Crippen LogP contribution >= 0.6 is 0 Å². The summed E-state index contributed by atoms with van der Waals surface area (Å²) in [5.41, 5.74) is 0. The van der Waals surface area contributed by atoms with Crippen LogP contribution < -0.4 is 0 Å². The lowest BCUT2D eigenvalue weighted by Gasteiger charge is -1.95. The summed E-state index contributed by atoms with van der Waals surface area (Å²) in [6, 6.07) is 0. The predicted octanol–water partition coefficient (Wildman–Crippen LogP) is 6.20. The summed E-state index contributed by atoms with van der Waals surface area (Å²) in [4.78, 5) is 0. The van der Waals surface area contributed by atoms with E-state index < -0.39 is 6.10 Å². The van der Waals surface area contributed by atoms with Crippen molar-refractivity contribution in [3.8, 4) is 72.1 Å². The van der Waals surface area contributed by atoms with Crippen LogP contribution in [0.1, 0.15) is 89.9 Å². The first-order valence-corrected chi connectivity index (χ1v) is 11.6. The Hall–Kier alpha value is -3.20. The molecule has 0 amide bonds. The molecule has 0 aromatic heterocycles. The number of rotatable bonds is 13. The van der Waals surface area contributed by atoms with Crippen molar-refractivity contribution in [2.75, 3.05) is 0 Å². The summed E-state index contributed by atoms with van der Waals surface area (Å²) < 4.78 is 0. The van der Waals surface area contributed by atoms with E-state index in [1.807, 2.05) is 12.2 Å². The number of hydrogen-bond donors (Lipinski definition) is 1. The molecule has 0 aliphatic carbocycles. The van der Waals surface area contributed by atoms with Crippen LogP contribution in [0.2, 0.25) is 0 Å². The van der Waals surface area contributed by atoms with E-state index in [0.717, 1.165) is 89.9 Å². The third kappa shape index (κ3) is 24.8. The minimum atomic E-state index is -0.759. The van der Waals surface area contributed by atoms with Gasteiger partial charge in [-0.3, -0.25) is 0 Å². The molecule has 0 radical (unpaired) electrons. The van der Waals surface area contributed by atoms with Gasteiger partial charge >= 0.3 is 0 Å². The standard InChI is InChI=1S/C31H36O/c1-3-5-6-7-8-9-10-11-12-13-14-15-16-17-18-19-20-21-22-23-24-25-26-27-28-29-30-31(32)4-2/h1-2,5-6,29-32H,7-9,12-14,17-19,24-28H2. The van der Waals surface area contributed by atoms with Gasteiger partial charge in [-0.1, -0.05) is 42.3 Å². The molecule has 32 heavy (non-hydrogen) atoms. The van der Waals surface area contributed by atoms with Gasteiger partial charge in [-0.2, -0.15) is 0 Å². The van der Waals surface area contributed by atoms with E-state index in [0.29, 0.717) is 0 Å². The topological polar surface area (TPSA) is 20.2 Å². The largest absolute Gasteiger partial charge is 0.377 e. The van der Waals surface area contributed by atoms with Gasteiger partial charge < -0.3 is 5.11 Å². The first-order chi connectivity index (χ1) is 15.8. The van der Waals surface area contributed by atoms with Gasteiger partial charge in [-0.25, -0.2) is 0 Å². The van der Waals surface area contributed by atoms with Crippen LogP contribution in [-0.4, -0.2) is 11.2 Å². The Kier molecular flexibility index (Phi) is 23.3. The van der Waals surface area contributed by atoms with Gasteiger partial charge in [-0.15, -0.1) is 36.5 Å². The molecular weight excluding hydrogens is 388 g/mol. The highest BCUT2D eigenvalue weighted by molar-refractivity contribution is 5.25. The molecule has 0 spiro atoms. The predicted molar refractivity (Wildman–Crippen MR) is 138 cm³/mol. The molecule has 1 nitrogen and oxygen atoms in total. The molecule has 0 rings (SSSR count). The normalized spacial score (nSPS) is 10.3. The van der Waals surface area contributed by atoms with E-state index >= 15 is 0 Å². The summed E-state index contributed by atoms with van der Waals surface area (Å²) in [7, 11) is 0. The maximum absolute atomic E-state index is 9.18. The van der Waals surface area contributed by atoms with E-state index in [-0.39, 0.29) is 0 Å². The molecule has 0 aromatic rings. The third-order valence-electron chi connectivity index (χ3n) is 4.24. The van der Waals surface area contributed by atoms with Gasteiger partial charge in [0.2, 0.25) is 0 Å². The van der Waals surface area contributed by atoms with Gasteiger partial charge in [0.1, 0.15) is 6.10 Å². The molecule has 0 heterocycles. The molecular formula is C31H36O. The van der Waals surface area contributed by atoms with Crippen molar-refractivity contribution in [1.29, 1.82) is 0 Å². The van der Waals surface area contributed by atoms with E-state index in [9.17, 15) is 5.11 Å². The second kappa shape index (κ2) is 25.8. The monoisotopic (exact) mass is 424 g/mol. The van der Waals surface area contributed by atoms with E-state index in [4.69, 9.17) is 12.8 Å². The Labute approximate surface area is 197 Å². The van der Waals surface area contributed by atoms with Crippen molar-refractivity contribution in [1.82, 2.24) is 0 Å². The number of aliphatic hydroxyl groups excluding tert-OH is 1. The average Bonchev–Trinajstić information content (AvgIpc) is 2.81. The van der Waals surface area contributed by atoms with Crippen LogP contribution in [0.25, 0.3) is 0 Å². The Morgan fingerprint density at radius 2 is 1.12 bits per heavy atom. The minimum Gasteiger partial charge on any atom is -0.377 e. The van der Waals surface area contributed by atoms with Crippen LogP contribution in [0, 0.1) is 72.1 Å². The Bertz CT molecular complexity index is 857. The lowest BCUT2D eigenvalue weighted by atomic mass is 10.1. The summed E-state index contributed by atoms with van der Waals surface area (Å²) in [6.45, 7) is 0. The maximum atomic E-state index is 9.18. The molecule has 1 unspecified atom stereocenters. The number of aliphatic hydroxyl groups is 1. The van der Waals surface area contributed by atoms with Gasteiger partial charge in [0.25, 0.3) is 0 Å². The number of hydrogen-bond acceptors (Lipinski definition) is 1. The van der Waals surface area contributed by atoms with Crippen molar-refractivity contribution in [3.63, 3.8) is 0 Å². The van der Waals surface area contributed by atoms with Gasteiger partial charge in [-0.05, 0) is 68.9 Å². The highest BCUT2D eigenvalue weighted by atomic mass is 16.3. The summed E-state index contributed by atoms with van der Waals surface area (Å²) in [5.74, 6) is 29.6. The second-order valence-corrected chi connectivity index (χ2v) is 7.12. The molecule has 1 N–H and O–H groups in total. The zero-order valence-corrected chi connectivity index (χ0v) is 19.4. The molecule has 0 saturated carbocycles. The Morgan fingerprint density at radius 1 is 0.594 bits per heavy atom. The fourth-order valence-corrected chi connectivity index (χ4v) is 2.49. The summed E-state index contributed by atoms with van der Waals surface area (Å²) in [6.07, 6.45) is 30.5. The van der Waals surface area contributed by atoms with Gasteiger partial charge in [0, 0.05) is 38.5 Å². The fraction of sp³-hybridized carbons (Fsp3) is 0.484. The van der Waals surface area contributed by atoms with Gasteiger partial charge in [0.15, 0.2) is 0 Å². The SMILES string of the molecule is C#CC=CCCCC#CCCCC#CCCCC#CC#CCCCCCC=CC(O)C#C. The second-order valence-electron chi connectivity index (χ2n) is 7.12. The first kappa shape index (κ1) is 28.8. The highest BCUT2D eigenvalue weighted by Gasteiger charge is 1.89. The fourth-order valence-electron chi connectivity index (χ4n) is 2.49. The molecule has 166 valence electrons. The zero-order valence-electron chi connectivity index (χ0n) is 19.4. The minimum absolute atomic E-state index is 0.759. The Balaban J connectivity index is 3.51. The van der Waals surface area contributed by atoms with Crippen molar-refractivity contribution in [3.05, 3.63) is 24.3 Å². The van der Waals surface area contributed by atoms with Crippen LogP contribution in [0.4, 0.5) is 0 Å². The third-order valence-corrected chi connectivity index (χ3v) is 4.24. The quantitative estimate of drug-likeness (QED) is 0.212. The number of allylic oxidation sites excluding steroid dienone is 3. The van der Waals surface area contributed by atoms with Crippen LogP contribution in [-0.2, 0) is 0 Å². The first-order valence-electron chi connectivity index (χ1n) is 11.6. The van der Waals surface area contributed by atoms with Crippen molar-refractivity contribution in [2.45, 2.75) is 96.0 Å². The van der Waals surface area contributed by atoms with Crippen LogP contribution in [0.3, 0.4) is 0 Å². The number of unbranched alkanes of at least 4 members (excludes halogenated alkanes) is 10. The maximum Gasteiger partial charge on any atom is 0.133 e. The van der Waals surface area contributed by atoms with Crippen molar-refractivity contribution >= 4 is 0 Å². The summed E-state index contributed by atoms with van der Waals surface area (Å²) >= 11 is 0. The molecule has 0 fully saturated rings.